The van der Waals surface area contributed by atoms with E-state index in [1.54, 1.807) is 7.11 Å². The van der Waals surface area contributed by atoms with Crippen molar-refractivity contribution in [2.24, 2.45) is 0 Å². The van der Waals surface area contributed by atoms with Gasteiger partial charge in [-0.3, -0.25) is 9.63 Å². The molecule has 0 bridgehead atoms. The molecule has 0 N–H and O–H groups in total. The van der Waals surface area contributed by atoms with Gasteiger partial charge in [-0.15, -0.1) is 0 Å². The predicted molar refractivity (Wildman–Crippen MR) is 89.9 cm³/mol. The van der Waals surface area contributed by atoms with E-state index in [4.69, 9.17) is 14.3 Å². The molecule has 6 heteroatoms. The van der Waals surface area contributed by atoms with Crippen LogP contribution in [-0.4, -0.2) is 55.8 Å². The molecule has 1 aromatic carbocycles. The van der Waals surface area contributed by atoms with E-state index in [0.29, 0.717) is 26.1 Å². The van der Waals surface area contributed by atoms with Gasteiger partial charge in [0.25, 0.3) is 0 Å². The van der Waals surface area contributed by atoms with Crippen molar-refractivity contribution in [3.63, 3.8) is 0 Å². The Labute approximate surface area is 143 Å². The number of methoxy groups -OCH3 is 1. The summed E-state index contributed by atoms with van der Waals surface area (Å²) < 4.78 is 11.2. The highest BCUT2D eigenvalue weighted by Gasteiger charge is 2.21. The average Bonchev–Trinajstić information content (AvgIpc) is 2.60. The molecule has 0 radical (unpaired) electrons. The molecule has 2 heterocycles. The van der Waals surface area contributed by atoms with Crippen molar-refractivity contribution < 1.29 is 19.1 Å². The monoisotopic (exact) mass is 334 g/mol. The zero-order valence-corrected chi connectivity index (χ0v) is 14.3. The maximum Gasteiger partial charge on any atom is 0.224 e. The molecule has 0 saturated carbocycles. The van der Waals surface area contributed by atoms with E-state index in [-0.39, 0.29) is 5.91 Å². The molecule has 0 aromatic heterocycles. The van der Waals surface area contributed by atoms with Crippen LogP contribution in [0, 0.1) is 0 Å². The summed E-state index contributed by atoms with van der Waals surface area (Å²) in [5.41, 5.74) is 0.997. The number of nitrogens with zero attached hydrogens (tertiary/aromatic N) is 2. The Morgan fingerprint density at radius 2 is 2.12 bits per heavy atom. The first-order valence-corrected chi connectivity index (χ1v) is 8.72. The van der Waals surface area contributed by atoms with Gasteiger partial charge >= 0.3 is 0 Å². The van der Waals surface area contributed by atoms with Gasteiger partial charge in [-0.2, -0.15) is 5.06 Å². The number of carbonyl (C=O) groups is 1. The summed E-state index contributed by atoms with van der Waals surface area (Å²) in [5.74, 6) is 1.65. The van der Waals surface area contributed by atoms with Crippen LogP contribution in [-0.2, 0) is 16.2 Å². The van der Waals surface area contributed by atoms with Gasteiger partial charge in [0.15, 0.2) is 11.5 Å². The van der Waals surface area contributed by atoms with Crippen LogP contribution in [0.1, 0.15) is 31.2 Å². The van der Waals surface area contributed by atoms with Crippen LogP contribution in [0.5, 0.6) is 11.5 Å². The molecule has 0 atom stereocenters. The van der Waals surface area contributed by atoms with Crippen LogP contribution in [0.3, 0.4) is 0 Å². The number of hydrogen-bond donors (Lipinski definition) is 0. The normalized spacial score (nSPS) is 19.0. The molecule has 0 aliphatic carbocycles. The molecular formula is C18H26N2O4. The first kappa shape index (κ1) is 17.0. The number of hydroxylamine groups is 2. The maximum absolute atomic E-state index is 12.6. The molecule has 2 aliphatic heterocycles. The Morgan fingerprint density at radius 1 is 1.21 bits per heavy atom. The molecule has 132 valence electrons. The van der Waals surface area contributed by atoms with E-state index in [2.05, 4.69) is 0 Å². The highest BCUT2D eigenvalue weighted by Crippen LogP contribution is 2.33. The fraction of sp³-hybridized carbons (Fsp3) is 0.611. The summed E-state index contributed by atoms with van der Waals surface area (Å²) in [7, 11) is 1.64. The van der Waals surface area contributed by atoms with E-state index < -0.39 is 0 Å². The second kappa shape index (κ2) is 8.35. The summed E-state index contributed by atoms with van der Waals surface area (Å²) in [5, 5.41) is 1.92. The SMILES string of the molecule is COc1cccc2c1OCCCN(C(=O)CCN1CCCCO1)C2. The maximum atomic E-state index is 12.6. The number of rotatable bonds is 4. The van der Waals surface area contributed by atoms with Gasteiger partial charge in [-0.25, -0.2) is 0 Å². The third-order valence-electron chi connectivity index (χ3n) is 4.46. The number of ether oxygens (including phenoxy) is 2. The second-order valence-corrected chi connectivity index (χ2v) is 6.19. The van der Waals surface area contributed by atoms with Crippen LogP contribution in [0.2, 0.25) is 0 Å². The topological polar surface area (TPSA) is 51.2 Å². The van der Waals surface area contributed by atoms with E-state index in [1.807, 2.05) is 28.2 Å². The Bertz CT molecular complexity index is 558. The second-order valence-electron chi connectivity index (χ2n) is 6.19. The van der Waals surface area contributed by atoms with Gasteiger partial charge in [0.2, 0.25) is 5.91 Å². The Hall–Kier alpha value is -1.79. The van der Waals surface area contributed by atoms with Gasteiger partial charge in [-0.1, -0.05) is 12.1 Å². The highest BCUT2D eigenvalue weighted by atomic mass is 16.7. The zero-order chi connectivity index (χ0) is 16.8. The summed E-state index contributed by atoms with van der Waals surface area (Å²) in [6.45, 7) is 4.22. The summed E-state index contributed by atoms with van der Waals surface area (Å²) in [6, 6.07) is 5.82. The van der Waals surface area contributed by atoms with Crippen molar-refractivity contribution in [3.8, 4) is 11.5 Å². The number of amides is 1. The van der Waals surface area contributed by atoms with Crippen LogP contribution in [0.25, 0.3) is 0 Å². The minimum absolute atomic E-state index is 0.167. The lowest BCUT2D eigenvalue weighted by molar-refractivity contribution is -0.182. The van der Waals surface area contributed by atoms with Gasteiger partial charge in [0.05, 0.1) is 20.3 Å². The van der Waals surface area contributed by atoms with Crippen LogP contribution < -0.4 is 9.47 Å². The van der Waals surface area contributed by atoms with E-state index in [1.165, 1.54) is 0 Å². The van der Waals surface area contributed by atoms with Crippen LogP contribution in [0.15, 0.2) is 18.2 Å². The molecule has 1 saturated heterocycles. The fourth-order valence-electron chi connectivity index (χ4n) is 3.14. The third kappa shape index (κ3) is 4.19. The van der Waals surface area contributed by atoms with Crippen molar-refractivity contribution >= 4 is 5.91 Å². The van der Waals surface area contributed by atoms with Gasteiger partial charge < -0.3 is 14.4 Å². The zero-order valence-electron chi connectivity index (χ0n) is 14.3. The van der Waals surface area contributed by atoms with Crippen LogP contribution in [0.4, 0.5) is 0 Å². The average molecular weight is 334 g/mol. The number of fused-ring (bicyclic) bond motifs is 1. The van der Waals surface area contributed by atoms with Crippen molar-refractivity contribution in [2.45, 2.75) is 32.2 Å². The number of para-hydroxylation sites is 1. The largest absolute Gasteiger partial charge is 0.493 e. The summed E-state index contributed by atoms with van der Waals surface area (Å²) >= 11 is 0. The highest BCUT2D eigenvalue weighted by molar-refractivity contribution is 5.76. The Balaban J connectivity index is 1.63. The number of benzene rings is 1. The van der Waals surface area contributed by atoms with Crippen molar-refractivity contribution in [3.05, 3.63) is 23.8 Å². The molecule has 3 rings (SSSR count). The minimum atomic E-state index is 0.167. The first-order chi connectivity index (χ1) is 11.8. The fourth-order valence-corrected chi connectivity index (χ4v) is 3.14. The standard InChI is InChI=1S/C18H26N2O4/c1-22-16-7-4-6-15-14-19(9-5-12-23-18(15)16)17(21)8-11-20-10-2-3-13-24-20/h4,6-7H,2-3,5,8-14H2,1H3. The molecule has 1 fully saturated rings. The van der Waals surface area contributed by atoms with Crippen molar-refractivity contribution in [1.29, 1.82) is 0 Å². The van der Waals surface area contributed by atoms with E-state index in [9.17, 15) is 4.79 Å². The minimum Gasteiger partial charge on any atom is -0.493 e. The smallest absolute Gasteiger partial charge is 0.224 e. The third-order valence-corrected chi connectivity index (χ3v) is 4.46. The lowest BCUT2D eigenvalue weighted by Crippen LogP contribution is -2.37. The molecule has 0 unspecified atom stereocenters. The lowest BCUT2D eigenvalue weighted by atomic mass is 10.1. The van der Waals surface area contributed by atoms with E-state index in [0.717, 1.165) is 56.0 Å². The number of hydrogen-bond acceptors (Lipinski definition) is 5. The molecule has 6 nitrogen and oxygen atoms in total. The Morgan fingerprint density at radius 3 is 2.92 bits per heavy atom. The number of carbonyl (C=O) groups excluding carboxylic acids is 1. The van der Waals surface area contributed by atoms with Gasteiger partial charge in [0, 0.05) is 38.2 Å². The molecule has 1 aromatic rings. The molecule has 1 amide bonds. The summed E-state index contributed by atoms with van der Waals surface area (Å²) in [4.78, 5) is 20.1. The van der Waals surface area contributed by atoms with Gasteiger partial charge in [-0.05, 0) is 25.3 Å². The lowest BCUT2D eigenvalue weighted by Gasteiger charge is -2.29. The van der Waals surface area contributed by atoms with Gasteiger partial charge in [0.1, 0.15) is 0 Å². The Kier molecular flexibility index (Phi) is 5.93. The van der Waals surface area contributed by atoms with Crippen molar-refractivity contribution in [2.75, 3.05) is 40.0 Å². The quantitative estimate of drug-likeness (QED) is 0.845. The summed E-state index contributed by atoms with van der Waals surface area (Å²) in [6.07, 6.45) is 3.56. The molecule has 24 heavy (non-hydrogen) atoms. The van der Waals surface area contributed by atoms with Crippen molar-refractivity contribution in [1.82, 2.24) is 9.96 Å². The van der Waals surface area contributed by atoms with E-state index >= 15 is 0 Å². The predicted octanol–water partition coefficient (Wildman–Crippen LogP) is 2.22. The molecule has 0 spiro atoms. The van der Waals surface area contributed by atoms with Crippen LogP contribution >= 0.6 is 0 Å². The molecule has 2 aliphatic rings. The molecular weight excluding hydrogens is 308 g/mol. The first-order valence-electron chi connectivity index (χ1n) is 8.72.